The highest BCUT2D eigenvalue weighted by molar-refractivity contribution is 9.10. The van der Waals surface area contributed by atoms with Crippen LogP contribution in [0.15, 0.2) is 16.6 Å². The number of carbonyl (C=O) groups excluding carboxylic acids is 4. The first-order chi connectivity index (χ1) is 16.9. The normalized spacial score (nSPS) is 13.6. The molecule has 0 saturated carbocycles. The topological polar surface area (TPSA) is 92.8 Å². The molecule has 2 aromatic rings. The molecule has 7 nitrogen and oxygen atoms in total. The van der Waals surface area contributed by atoms with E-state index >= 15 is 0 Å². The lowest BCUT2D eigenvalue weighted by Crippen LogP contribution is -2.46. The molecule has 1 heterocycles. The van der Waals surface area contributed by atoms with Gasteiger partial charge in [-0.2, -0.15) is 0 Å². The molecule has 1 aliphatic heterocycles. The molecule has 0 spiro atoms. The zero-order chi connectivity index (χ0) is 26.9. The Morgan fingerprint density at radius 3 is 1.94 bits per heavy atom. The summed E-state index contributed by atoms with van der Waals surface area (Å²) in [6.07, 6.45) is 1.29. The van der Waals surface area contributed by atoms with Crippen LogP contribution in [0.3, 0.4) is 0 Å². The third-order valence-electron chi connectivity index (χ3n) is 5.61. The van der Waals surface area contributed by atoms with E-state index in [-0.39, 0.29) is 37.6 Å². The highest BCUT2D eigenvalue weighted by Gasteiger charge is 2.47. The Bertz CT molecular complexity index is 1210. The number of benzene rings is 2. The first-order valence-electron chi connectivity index (χ1n) is 10.9. The number of unbranched alkanes of at least 4 members (excludes halogenated alkanes) is 1. The molecule has 1 N–H and O–H groups in total. The summed E-state index contributed by atoms with van der Waals surface area (Å²) in [4.78, 5) is 52.6. The van der Waals surface area contributed by atoms with E-state index < -0.39 is 36.3 Å². The van der Waals surface area contributed by atoms with Crippen molar-refractivity contribution in [3.8, 4) is 0 Å². The summed E-state index contributed by atoms with van der Waals surface area (Å²) in [7, 11) is 0. The molecule has 0 radical (unpaired) electrons. The molecule has 3 amide bonds. The molecule has 0 aromatic heterocycles. The Labute approximate surface area is 236 Å². The van der Waals surface area contributed by atoms with Crippen molar-refractivity contribution < 1.29 is 23.9 Å². The van der Waals surface area contributed by atoms with Gasteiger partial charge in [0.2, 0.25) is 0 Å². The van der Waals surface area contributed by atoms with Gasteiger partial charge in [-0.25, -0.2) is 4.79 Å². The van der Waals surface area contributed by atoms with Crippen molar-refractivity contribution in [2.24, 2.45) is 0 Å². The zero-order valence-electron chi connectivity index (χ0n) is 19.4. The number of ether oxygens (including phenoxy) is 1. The molecule has 2 aromatic carbocycles. The summed E-state index contributed by atoms with van der Waals surface area (Å²) in [5.74, 6) is -3.18. The Balaban J connectivity index is 1.80. The van der Waals surface area contributed by atoms with Crippen LogP contribution in [0.2, 0.25) is 20.1 Å². The average molecular weight is 639 g/mol. The summed E-state index contributed by atoms with van der Waals surface area (Å²) < 4.78 is 6.14. The Morgan fingerprint density at radius 2 is 1.47 bits per heavy atom. The van der Waals surface area contributed by atoms with Gasteiger partial charge in [0.1, 0.15) is 6.04 Å². The lowest BCUT2D eigenvalue weighted by atomic mass is 10.1. The van der Waals surface area contributed by atoms with Crippen LogP contribution in [0, 0.1) is 13.8 Å². The molecular formula is C24H21BrCl4N2O5. The number of hydrogen-bond acceptors (Lipinski definition) is 5. The Kier molecular flexibility index (Phi) is 9.33. The molecule has 12 heteroatoms. The highest BCUT2D eigenvalue weighted by Crippen LogP contribution is 2.45. The minimum absolute atomic E-state index is 0.115. The molecule has 0 saturated heterocycles. The van der Waals surface area contributed by atoms with Crippen molar-refractivity contribution in [3.63, 3.8) is 0 Å². The zero-order valence-corrected chi connectivity index (χ0v) is 24.0. The van der Waals surface area contributed by atoms with Gasteiger partial charge in [0.25, 0.3) is 17.7 Å². The predicted molar refractivity (Wildman–Crippen MR) is 143 cm³/mol. The standard InChI is InChI=1S/C24H21BrCl4N2O5/c1-4-5-6-13(24(35)36-9-14(32)30-12-7-10(2)17(25)11(3)8-12)31-22(33)15-16(23(31)34)19(27)21(29)20(28)18(15)26/h7-8,13H,4-6,9H2,1-3H3,(H,30,32)/t13-/m0/s1. The second-order valence-corrected chi connectivity index (χ2v) is 10.5. The number of anilines is 1. The molecule has 1 aliphatic rings. The molecule has 0 bridgehead atoms. The third-order valence-corrected chi connectivity index (χ3v) is 8.67. The molecular weight excluding hydrogens is 618 g/mol. The number of imide groups is 1. The first kappa shape index (κ1) is 28.7. The maximum atomic E-state index is 13.2. The monoisotopic (exact) mass is 636 g/mol. The molecule has 0 fully saturated rings. The average Bonchev–Trinajstić information content (AvgIpc) is 3.09. The summed E-state index contributed by atoms with van der Waals surface area (Å²) >= 11 is 28.0. The van der Waals surface area contributed by atoms with Crippen LogP contribution in [0.5, 0.6) is 0 Å². The van der Waals surface area contributed by atoms with E-state index in [2.05, 4.69) is 21.2 Å². The van der Waals surface area contributed by atoms with Gasteiger partial charge in [-0.1, -0.05) is 82.1 Å². The van der Waals surface area contributed by atoms with Crippen molar-refractivity contribution in [3.05, 3.63) is 58.9 Å². The molecule has 1 atom stereocenters. The second kappa shape index (κ2) is 11.7. The maximum absolute atomic E-state index is 13.2. The lowest BCUT2D eigenvalue weighted by molar-refractivity contribution is -0.151. The van der Waals surface area contributed by atoms with Gasteiger partial charge in [-0.3, -0.25) is 19.3 Å². The second-order valence-electron chi connectivity index (χ2n) is 8.22. The quantitative estimate of drug-likeness (QED) is 0.145. The van der Waals surface area contributed by atoms with E-state index in [9.17, 15) is 19.2 Å². The third kappa shape index (κ3) is 5.53. The van der Waals surface area contributed by atoms with Crippen LogP contribution in [-0.2, 0) is 14.3 Å². The number of nitrogens with one attached hydrogen (secondary N) is 1. The number of aryl methyl sites for hydroxylation is 2. The predicted octanol–water partition coefficient (Wildman–Crippen LogP) is 7.02. The fourth-order valence-electron chi connectivity index (χ4n) is 3.85. The van der Waals surface area contributed by atoms with Crippen molar-refractivity contribution in [1.29, 1.82) is 0 Å². The smallest absolute Gasteiger partial charge is 0.329 e. The summed E-state index contributed by atoms with van der Waals surface area (Å²) in [5, 5.41) is 1.86. The molecule has 3 rings (SSSR count). The van der Waals surface area contributed by atoms with Crippen LogP contribution >= 0.6 is 62.3 Å². The Hall–Kier alpha value is -1.84. The van der Waals surface area contributed by atoms with Gasteiger partial charge in [-0.05, 0) is 43.5 Å². The van der Waals surface area contributed by atoms with E-state index in [0.29, 0.717) is 18.5 Å². The van der Waals surface area contributed by atoms with E-state index in [0.717, 1.165) is 20.5 Å². The van der Waals surface area contributed by atoms with Crippen molar-refractivity contribution in [2.75, 3.05) is 11.9 Å². The van der Waals surface area contributed by atoms with Crippen molar-refractivity contribution >= 4 is 91.7 Å². The summed E-state index contributed by atoms with van der Waals surface area (Å²) in [6.45, 7) is 5.03. The number of esters is 1. The Morgan fingerprint density at radius 1 is 0.972 bits per heavy atom. The van der Waals surface area contributed by atoms with E-state index in [1.165, 1.54) is 0 Å². The number of rotatable bonds is 8. The first-order valence-corrected chi connectivity index (χ1v) is 13.2. The largest absolute Gasteiger partial charge is 0.454 e. The summed E-state index contributed by atoms with van der Waals surface area (Å²) in [5.41, 5.74) is 1.92. The van der Waals surface area contributed by atoms with Crippen LogP contribution in [0.1, 0.15) is 58.0 Å². The fourth-order valence-corrected chi connectivity index (χ4v) is 5.09. The highest BCUT2D eigenvalue weighted by atomic mass is 79.9. The summed E-state index contributed by atoms with van der Waals surface area (Å²) in [6, 6.07) is 2.24. The number of fused-ring (bicyclic) bond motifs is 1. The van der Waals surface area contributed by atoms with Crippen LogP contribution in [-0.4, -0.2) is 41.2 Å². The number of halogens is 5. The van der Waals surface area contributed by atoms with Gasteiger partial charge in [0, 0.05) is 10.2 Å². The fraction of sp³-hybridized carbons (Fsp3) is 0.333. The number of amides is 3. The van der Waals surface area contributed by atoms with Crippen LogP contribution < -0.4 is 5.32 Å². The van der Waals surface area contributed by atoms with E-state index in [1.54, 1.807) is 12.1 Å². The SMILES string of the molecule is CCCC[C@@H](C(=O)OCC(=O)Nc1cc(C)c(Br)c(C)c1)N1C(=O)c2c(Cl)c(Cl)c(Cl)c(Cl)c2C1=O. The van der Waals surface area contributed by atoms with Crippen molar-refractivity contribution in [1.82, 2.24) is 4.90 Å². The lowest BCUT2D eigenvalue weighted by Gasteiger charge is -2.24. The van der Waals surface area contributed by atoms with Gasteiger partial charge >= 0.3 is 5.97 Å². The van der Waals surface area contributed by atoms with Gasteiger partial charge in [0.15, 0.2) is 6.61 Å². The minimum atomic E-state index is -1.30. The van der Waals surface area contributed by atoms with E-state index in [1.807, 2.05) is 20.8 Å². The molecule has 36 heavy (non-hydrogen) atoms. The molecule has 0 aliphatic carbocycles. The van der Waals surface area contributed by atoms with Gasteiger partial charge < -0.3 is 10.1 Å². The van der Waals surface area contributed by atoms with Gasteiger partial charge in [-0.15, -0.1) is 0 Å². The number of hydrogen-bond donors (Lipinski definition) is 1. The molecule has 192 valence electrons. The van der Waals surface area contributed by atoms with Crippen LogP contribution in [0.25, 0.3) is 0 Å². The van der Waals surface area contributed by atoms with Crippen molar-refractivity contribution in [2.45, 2.75) is 46.1 Å². The number of nitrogens with zero attached hydrogens (tertiary/aromatic N) is 1. The minimum Gasteiger partial charge on any atom is -0.454 e. The number of carbonyl (C=O) groups is 4. The maximum Gasteiger partial charge on any atom is 0.329 e. The van der Waals surface area contributed by atoms with E-state index in [4.69, 9.17) is 51.1 Å². The van der Waals surface area contributed by atoms with Crippen LogP contribution in [0.4, 0.5) is 5.69 Å². The van der Waals surface area contributed by atoms with Gasteiger partial charge in [0.05, 0.1) is 31.2 Å². The molecule has 0 unspecified atom stereocenters.